The zero-order valence-electron chi connectivity index (χ0n) is 27.1. The van der Waals surface area contributed by atoms with E-state index in [2.05, 4.69) is 13.8 Å². The summed E-state index contributed by atoms with van der Waals surface area (Å²) in [6.45, 7) is 5.73. The number of rotatable bonds is 28. The van der Waals surface area contributed by atoms with Gasteiger partial charge in [-0.3, -0.25) is 9.59 Å². The molecule has 0 N–H and O–H groups in total. The molecule has 0 aromatic heterocycles. The van der Waals surface area contributed by atoms with Crippen molar-refractivity contribution < 1.29 is 19.1 Å². The Hall–Kier alpha value is -1.06. The molecule has 1 fully saturated rings. The Morgan fingerprint density at radius 1 is 0.500 bits per heavy atom. The summed E-state index contributed by atoms with van der Waals surface area (Å²) in [4.78, 5) is 24.0. The Balaban J connectivity index is 1.75. The van der Waals surface area contributed by atoms with Crippen LogP contribution in [-0.2, 0) is 19.1 Å². The molecule has 1 aliphatic rings. The molecular weight excluding hydrogens is 496 g/mol. The van der Waals surface area contributed by atoms with E-state index in [0.717, 1.165) is 44.9 Å². The second kappa shape index (κ2) is 26.8. The Kier molecular flexibility index (Phi) is 24.8. The molecule has 4 heteroatoms. The van der Waals surface area contributed by atoms with Gasteiger partial charge in [-0.1, -0.05) is 155 Å². The number of ether oxygens (including phenoxy) is 2. The van der Waals surface area contributed by atoms with Crippen molar-refractivity contribution in [3.63, 3.8) is 0 Å². The predicted molar refractivity (Wildman–Crippen MR) is 170 cm³/mol. The minimum atomic E-state index is -0.0321. The molecule has 0 aliphatic heterocycles. The molecule has 0 aromatic rings. The first-order valence-corrected chi connectivity index (χ1v) is 17.9. The second-order valence-corrected chi connectivity index (χ2v) is 13.2. The molecule has 1 rings (SSSR count). The highest BCUT2D eigenvalue weighted by Crippen LogP contribution is 2.35. The van der Waals surface area contributed by atoms with Crippen molar-refractivity contribution in [2.45, 2.75) is 200 Å². The van der Waals surface area contributed by atoms with Crippen LogP contribution in [-0.4, -0.2) is 25.2 Å². The van der Waals surface area contributed by atoms with Crippen LogP contribution in [0.25, 0.3) is 0 Å². The lowest BCUT2D eigenvalue weighted by atomic mass is 9.76. The van der Waals surface area contributed by atoms with Gasteiger partial charge in [0, 0.05) is 18.3 Å². The first-order chi connectivity index (χ1) is 19.6. The molecule has 0 atom stereocenters. The van der Waals surface area contributed by atoms with E-state index in [1.54, 1.807) is 0 Å². The van der Waals surface area contributed by atoms with Gasteiger partial charge in [-0.15, -0.1) is 0 Å². The van der Waals surface area contributed by atoms with Gasteiger partial charge >= 0.3 is 11.9 Å². The van der Waals surface area contributed by atoms with E-state index in [1.807, 2.05) is 0 Å². The standard InChI is InChI=1S/C36H68O4/c1-3-4-5-6-7-8-9-10-11-12-13-14-15-18-21-27-32-39-34(37)28-23-19-16-17-20-24-29-35(38)40-33-36(2)30-25-22-26-31-36/h3-33H2,1-2H3. The molecule has 236 valence electrons. The van der Waals surface area contributed by atoms with Gasteiger partial charge in [0.25, 0.3) is 0 Å². The molecular formula is C36H68O4. The van der Waals surface area contributed by atoms with Gasteiger partial charge < -0.3 is 9.47 Å². The lowest BCUT2D eigenvalue weighted by Gasteiger charge is -2.32. The van der Waals surface area contributed by atoms with Gasteiger partial charge in [-0.25, -0.2) is 0 Å². The van der Waals surface area contributed by atoms with E-state index in [0.29, 0.717) is 26.1 Å². The lowest BCUT2D eigenvalue weighted by molar-refractivity contribution is -0.148. The van der Waals surface area contributed by atoms with Crippen LogP contribution in [0.3, 0.4) is 0 Å². The van der Waals surface area contributed by atoms with Crippen LogP contribution in [0.4, 0.5) is 0 Å². The maximum Gasteiger partial charge on any atom is 0.305 e. The summed E-state index contributed by atoms with van der Waals surface area (Å²) in [6, 6.07) is 0. The number of hydrogen-bond acceptors (Lipinski definition) is 4. The molecule has 0 spiro atoms. The van der Waals surface area contributed by atoms with Gasteiger partial charge in [0.15, 0.2) is 0 Å². The first kappa shape index (κ1) is 37.0. The number of carbonyl (C=O) groups excluding carboxylic acids is 2. The summed E-state index contributed by atoms with van der Waals surface area (Å²) in [7, 11) is 0. The Morgan fingerprint density at radius 2 is 0.875 bits per heavy atom. The highest BCUT2D eigenvalue weighted by atomic mass is 16.5. The van der Waals surface area contributed by atoms with E-state index in [1.165, 1.54) is 128 Å². The van der Waals surface area contributed by atoms with E-state index in [-0.39, 0.29) is 17.4 Å². The van der Waals surface area contributed by atoms with Gasteiger partial charge in [0.1, 0.15) is 0 Å². The van der Waals surface area contributed by atoms with Crippen molar-refractivity contribution >= 4 is 11.9 Å². The Bertz CT molecular complexity index is 581. The predicted octanol–water partition coefficient (Wildman–Crippen LogP) is 11.4. The zero-order valence-corrected chi connectivity index (χ0v) is 27.1. The molecule has 1 aliphatic carbocycles. The van der Waals surface area contributed by atoms with Crippen molar-refractivity contribution in [1.82, 2.24) is 0 Å². The van der Waals surface area contributed by atoms with E-state index in [4.69, 9.17) is 9.47 Å². The minimum Gasteiger partial charge on any atom is -0.466 e. The fourth-order valence-electron chi connectivity index (χ4n) is 6.03. The van der Waals surface area contributed by atoms with Gasteiger partial charge in [-0.2, -0.15) is 0 Å². The molecule has 0 saturated heterocycles. The van der Waals surface area contributed by atoms with Gasteiger partial charge in [0.05, 0.1) is 13.2 Å². The van der Waals surface area contributed by atoms with Crippen LogP contribution in [0.5, 0.6) is 0 Å². The first-order valence-electron chi connectivity index (χ1n) is 17.9. The third-order valence-electron chi connectivity index (χ3n) is 8.92. The third-order valence-corrected chi connectivity index (χ3v) is 8.92. The van der Waals surface area contributed by atoms with Crippen LogP contribution in [0.15, 0.2) is 0 Å². The van der Waals surface area contributed by atoms with E-state index >= 15 is 0 Å². The summed E-state index contributed by atoms with van der Waals surface area (Å²) in [5, 5.41) is 0. The average Bonchev–Trinajstić information content (AvgIpc) is 2.95. The maximum absolute atomic E-state index is 12.0. The Morgan fingerprint density at radius 3 is 1.32 bits per heavy atom. The van der Waals surface area contributed by atoms with E-state index < -0.39 is 0 Å². The molecule has 40 heavy (non-hydrogen) atoms. The largest absolute Gasteiger partial charge is 0.466 e. The highest BCUT2D eigenvalue weighted by Gasteiger charge is 2.28. The minimum absolute atomic E-state index is 0.0288. The maximum atomic E-state index is 12.0. The van der Waals surface area contributed by atoms with Crippen molar-refractivity contribution in [3.8, 4) is 0 Å². The summed E-state index contributed by atoms with van der Waals surface area (Å²) < 4.78 is 11.0. The molecule has 0 radical (unpaired) electrons. The quantitative estimate of drug-likeness (QED) is 0.0700. The number of unbranched alkanes of at least 4 members (excludes halogenated alkanes) is 20. The van der Waals surface area contributed by atoms with Crippen LogP contribution in [0.2, 0.25) is 0 Å². The van der Waals surface area contributed by atoms with Crippen LogP contribution in [0, 0.1) is 5.41 Å². The molecule has 1 saturated carbocycles. The van der Waals surface area contributed by atoms with Crippen molar-refractivity contribution in [1.29, 1.82) is 0 Å². The fraction of sp³-hybridized carbons (Fsp3) is 0.944. The summed E-state index contributed by atoms with van der Waals surface area (Å²) in [5.41, 5.74) is 0.209. The Labute approximate surface area is 249 Å². The number of esters is 2. The number of carbonyl (C=O) groups is 2. The van der Waals surface area contributed by atoms with Crippen LogP contribution < -0.4 is 0 Å². The van der Waals surface area contributed by atoms with Gasteiger partial charge in [-0.05, 0) is 32.1 Å². The molecule has 4 nitrogen and oxygen atoms in total. The van der Waals surface area contributed by atoms with Crippen molar-refractivity contribution in [2.75, 3.05) is 13.2 Å². The summed E-state index contributed by atoms with van der Waals surface area (Å²) in [5.74, 6) is -0.0609. The van der Waals surface area contributed by atoms with Crippen molar-refractivity contribution in [2.24, 2.45) is 5.41 Å². The normalized spacial score (nSPS) is 14.8. The van der Waals surface area contributed by atoms with Crippen LogP contribution >= 0.6 is 0 Å². The smallest absolute Gasteiger partial charge is 0.305 e. The lowest BCUT2D eigenvalue weighted by Crippen LogP contribution is -2.27. The molecule has 0 aromatic carbocycles. The van der Waals surface area contributed by atoms with Gasteiger partial charge in [0.2, 0.25) is 0 Å². The molecule has 0 amide bonds. The number of hydrogen-bond donors (Lipinski definition) is 0. The highest BCUT2D eigenvalue weighted by molar-refractivity contribution is 5.69. The fourth-order valence-corrected chi connectivity index (χ4v) is 6.03. The molecule has 0 heterocycles. The topological polar surface area (TPSA) is 52.6 Å². The second-order valence-electron chi connectivity index (χ2n) is 13.2. The third kappa shape index (κ3) is 23.6. The van der Waals surface area contributed by atoms with Crippen LogP contribution in [0.1, 0.15) is 200 Å². The summed E-state index contributed by atoms with van der Waals surface area (Å²) >= 11 is 0. The SMILES string of the molecule is CCCCCCCCCCCCCCCCCCOC(=O)CCCCCCCCC(=O)OCC1(C)CCCCC1. The van der Waals surface area contributed by atoms with Crippen molar-refractivity contribution in [3.05, 3.63) is 0 Å². The summed E-state index contributed by atoms with van der Waals surface area (Å²) in [6.07, 6.45) is 35.3. The van der Waals surface area contributed by atoms with E-state index in [9.17, 15) is 9.59 Å². The monoisotopic (exact) mass is 565 g/mol. The average molecular weight is 565 g/mol. The zero-order chi connectivity index (χ0) is 29.0. The molecule has 0 bridgehead atoms. The molecule has 0 unspecified atom stereocenters.